The molecule has 0 aliphatic carbocycles. The fraction of sp³-hybridized carbons (Fsp3) is 0.250. The van der Waals surface area contributed by atoms with E-state index in [2.05, 4.69) is 15.2 Å². The number of rotatable bonds is 5. The highest BCUT2D eigenvalue weighted by atomic mass is 35.5. The minimum Gasteiger partial charge on any atom is -0.350 e. The second-order valence-corrected chi connectivity index (χ2v) is 5.86. The Balaban J connectivity index is 2.06. The molecule has 1 amide bonds. The summed E-state index contributed by atoms with van der Waals surface area (Å²) in [5, 5.41) is 3.36. The SMILES string of the molecule is CN(C)[C@@H](CNC(=O)c1cnc(Cl)c(Cl)c1)c1ccccc1. The fourth-order valence-electron chi connectivity index (χ4n) is 2.11. The second-order valence-electron chi connectivity index (χ2n) is 5.10. The molecule has 0 aliphatic heterocycles. The maximum absolute atomic E-state index is 12.2. The molecule has 0 fully saturated rings. The van der Waals surface area contributed by atoms with Crippen molar-refractivity contribution in [2.45, 2.75) is 6.04 Å². The van der Waals surface area contributed by atoms with Crippen LogP contribution in [-0.2, 0) is 0 Å². The molecule has 1 atom stereocenters. The summed E-state index contributed by atoms with van der Waals surface area (Å²) in [4.78, 5) is 18.1. The Morgan fingerprint density at radius 2 is 1.95 bits per heavy atom. The van der Waals surface area contributed by atoms with Crippen LogP contribution in [0, 0.1) is 0 Å². The highest BCUT2D eigenvalue weighted by Gasteiger charge is 2.16. The zero-order valence-corrected chi connectivity index (χ0v) is 13.9. The van der Waals surface area contributed by atoms with Crippen LogP contribution in [0.4, 0.5) is 0 Å². The summed E-state index contributed by atoms with van der Waals surface area (Å²) >= 11 is 11.6. The molecule has 2 rings (SSSR count). The summed E-state index contributed by atoms with van der Waals surface area (Å²) < 4.78 is 0. The average molecular weight is 338 g/mol. The lowest BCUT2D eigenvalue weighted by Gasteiger charge is -2.25. The number of amides is 1. The van der Waals surface area contributed by atoms with Gasteiger partial charge < -0.3 is 10.2 Å². The minimum absolute atomic E-state index is 0.0841. The van der Waals surface area contributed by atoms with Gasteiger partial charge in [0.25, 0.3) is 5.91 Å². The quantitative estimate of drug-likeness (QED) is 0.850. The van der Waals surface area contributed by atoms with Crippen LogP contribution in [0.2, 0.25) is 10.2 Å². The molecule has 1 heterocycles. The first kappa shape index (κ1) is 16.7. The van der Waals surface area contributed by atoms with Crippen LogP contribution in [0.15, 0.2) is 42.6 Å². The minimum atomic E-state index is -0.228. The molecule has 6 heteroatoms. The molecule has 4 nitrogen and oxygen atoms in total. The van der Waals surface area contributed by atoms with Crippen LogP contribution in [-0.4, -0.2) is 36.4 Å². The van der Waals surface area contributed by atoms with Crippen molar-refractivity contribution >= 4 is 29.1 Å². The van der Waals surface area contributed by atoms with Crippen LogP contribution in [0.1, 0.15) is 22.0 Å². The van der Waals surface area contributed by atoms with Gasteiger partial charge in [0.05, 0.1) is 16.6 Å². The first-order valence-electron chi connectivity index (χ1n) is 6.79. The van der Waals surface area contributed by atoms with Gasteiger partial charge in [-0.25, -0.2) is 4.98 Å². The van der Waals surface area contributed by atoms with Crippen molar-refractivity contribution in [1.29, 1.82) is 0 Å². The summed E-state index contributed by atoms with van der Waals surface area (Å²) in [6.07, 6.45) is 1.41. The first-order chi connectivity index (χ1) is 10.5. The molecule has 1 aromatic heterocycles. The Morgan fingerprint density at radius 1 is 1.27 bits per heavy atom. The number of pyridine rings is 1. The zero-order chi connectivity index (χ0) is 16.1. The van der Waals surface area contributed by atoms with Crippen LogP contribution in [0.3, 0.4) is 0 Å². The maximum atomic E-state index is 12.2. The maximum Gasteiger partial charge on any atom is 0.252 e. The van der Waals surface area contributed by atoms with E-state index in [4.69, 9.17) is 23.2 Å². The Hall–Kier alpha value is -1.62. The molecule has 0 radical (unpaired) electrons. The van der Waals surface area contributed by atoms with E-state index < -0.39 is 0 Å². The molecule has 0 aliphatic rings. The molecule has 1 aromatic carbocycles. The fourth-order valence-corrected chi connectivity index (χ4v) is 2.38. The first-order valence-corrected chi connectivity index (χ1v) is 7.55. The number of likely N-dealkylation sites (N-methyl/N-ethyl adjacent to an activating group) is 1. The topological polar surface area (TPSA) is 45.2 Å². The van der Waals surface area contributed by atoms with E-state index in [1.807, 2.05) is 44.4 Å². The van der Waals surface area contributed by atoms with Crippen molar-refractivity contribution in [3.8, 4) is 0 Å². The van der Waals surface area contributed by atoms with Crippen LogP contribution in [0.5, 0.6) is 0 Å². The lowest BCUT2D eigenvalue weighted by atomic mass is 10.1. The highest BCUT2D eigenvalue weighted by Crippen LogP contribution is 2.20. The normalized spacial score (nSPS) is 12.2. The predicted molar refractivity (Wildman–Crippen MR) is 89.5 cm³/mol. The van der Waals surface area contributed by atoms with Gasteiger partial charge in [0, 0.05) is 12.7 Å². The number of nitrogens with one attached hydrogen (secondary N) is 1. The molecule has 2 aromatic rings. The number of nitrogens with zero attached hydrogens (tertiary/aromatic N) is 2. The standard InChI is InChI=1S/C16H17Cl2N3O/c1-21(2)14(11-6-4-3-5-7-11)10-20-16(22)12-8-13(17)15(18)19-9-12/h3-9,14H,10H2,1-2H3,(H,20,22)/t14-/m0/s1. The van der Waals surface area contributed by atoms with Crippen molar-refractivity contribution in [2.24, 2.45) is 0 Å². The molecule has 0 unspecified atom stereocenters. The van der Waals surface area contributed by atoms with Gasteiger partial charge in [-0.05, 0) is 25.7 Å². The van der Waals surface area contributed by atoms with Gasteiger partial charge in [-0.2, -0.15) is 0 Å². The third kappa shape index (κ3) is 4.19. The van der Waals surface area contributed by atoms with Gasteiger partial charge >= 0.3 is 0 Å². The molecule has 1 N–H and O–H groups in total. The van der Waals surface area contributed by atoms with E-state index in [9.17, 15) is 4.79 Å². The lowest BCUT2D eigenvalue weighted by molar-refractivity contribution is 0.0941. The average Bonchev–Trinajstić information content (AvgIpc) is 2.50. The van der Waals surface area contributed by atoms with E-state index in [0.29, 0.717) is 12.1 Å². The van der Waals surface area contributed by atoms with Gasteiger partial charge in [0.2, 0.25) is 0 Å². The number of hydrogen-bond donors (Lipinski definition) is 1. The van der Waals surface area contributed by atoms with Gasteiger partial charge in [-0.3, -0.25) is 4.79 Å². The van der Waals surface area contributed by atoms with Crippen molar-refractivity contribution in [3.63, 3.8) is 0 Å². The summed E-state index contributed by atoms with van der Waals surface area (Å²) in [5.74, 6) is -0.228. The number of carbonyl (C=O) groups is 1. The monoisotopic (exact) mass is 337 g/mol. The van der Waals surface area contributed by atoms with Crippen molar-refractivity contribution in [1.82, 2.24) is 15.2 Å². The van der Waals surface area contributed by atoms with E-state index in [-0.39, 0.29) is 22.1 Å². The van der Waals surface area contributed by atoms with Crippen LogP contribution < -0.4 is 5.32 Å². The van der Waals surface area contributed by atoms with Crippen molar-refractivity contribution in [3.05, 3.63) is 63.9 Å². The van der Waals surface area contributed by atoms with E-state index >= 15 is 0 Å². The molecular weight excluding hydrogens is 321 g/mol. The van der Waals surface area contributed by atoms with Gasteiger partial charge in [0.15, 0.2) is 0 Å². The smallest absolute Gasteiger partial charge is 0.252 e. The lowest BCUT2D eigenvalue weighted by Crippen LogP contribution is -2.34. The largest absolute Gasteiger partial charge is 0.350 e. The molecule has 0 saturated heterocycles. The Labute approximate surface area is 140 Å². The summed E-state index contributed by atoms with van der Waals surface area (Å²) in [5.41, 5.74) is 1.53. The van der Waals surface area contributed by atoms with Gasteiger partial charge in [-0.1, -0.05) is 53.5 Å². The summed E-state index contributed by atoms with van der Waals surface area (Å²) in [6, 6.07) is 11.6. The zero-order valence-electron chi connectivity index (χ0n) is 12.4. The Kier molecular flexibility index (Phi) is 5.77. The van der Waals surface area contributed by atoms with E-state index in [0.717, 1.165) is 5.56 Å². The molecule has 0 saturated carbocycles. The molecule has 116 valence electrons. The number of halogens is 2. The number of benzene rings is 1. The Bertz CT molecular complexity index is 647. The van der Waals surface area contributed by atoms with E-state index in [1.165, 1.54) is 12.3 Å². The van der Waals surface area contributed by atoms with Crippen LogP contribution in [0.25, 0.3) is 0 Å². The summed E-state index contributed by atoms with van der Waals surface area (Å²) in [7, 11) is 3.95. The third-order valence-electron chi connectivity index (χ3n) is 3.32. The van der Waals surface area contributed by atoms with Crippen LogP contribution >= 0.6 is 23.2 Å². The van der Waals surface area contributed by atoms with E-state index in [1.54, 1.807) is 0 Å². The molecule has 0 spiro atoms. The van der Waals surface area contributed by atoms with Crippen molar-refractivity contribution < 1.29 is 4.79 Å². The highest BCUT2D eigenvalue weighted by molar-refractivity contribution is 6.41. The second kappa shape index (κ2) is 7.58. The molecular formula is C16H17Cl2N3O. The Morgan fingerprint density at radius 3 is 2.55 bits per heavy atom. The molecule has 0 bridgehead atoms. The van der Waals surface area contributed by atoms with Gasteiger partial charge in [-0.15, -0.1) is 0 Å². The van der Waals surface area contributed by atoms with Gasteiger partial charge in [0.1, 0.15) is 5.15 Å². The predicted octanol–water partition coefficient (Wildman–Crippen LogP) is 3.42. The number of hydrogen-bond acceptors (Lipinski definition) is 3. The third-order valence-corrected chi connectivity index (χ3v) is 4.01. The summed E-state index contributed by atoms with van der Waals surface area (Å²) in [6.45, 7) is 0.482. The number of carbonyl (C=O) groups excluding carboxylic acids is 1. The number of aromatic nitrogens is 1. The molecule has 22 heavy (non-hydrogen) atoms. The van der Waals surface area contributed by atoms with Crippen molar-refractivity contribution in [2.75, 3.05) is 20.6 Å².